The van der Waals surface area contributed by atoms with Crippen LogP contribution in [0, 0.1) is 11.6 Å². The number of benzene rings is 2. The lowest BCUT2D eigenvalue weighted by atomic mass is 10.1. The van der Waals surface area contributed by atoms with Crippen LogP contribution in [0.25, 0.3) is 6.08 Å². The van der Waals surface area contributed by atoms with E-state index in [4.69, 9.17) is 5.11 Å². The standard InChI is InChI=1S/C15H10F2O2/c16-11-4-7-13(14(17)9-11)15(19)8-3-10-1-5-12(18)6-2-10/h1-9,18H. The molecule has 19 heavy (non-hydrogen) atoms. The first-order valence-electron chi connectivity index (χ1n) is 5.53. The zero-order valence-corrected chi connectivity index (χ0v) is 9.81. The fourth-order valence-electron chi connectivity index (χ4n) is 1.54. The molecule has 0 radical (unpaired) electrons. The van der Waals surface area contributed by atoms with E-state index in [0.717, 1.165) is 12.1 Å². The topological polar surface area (TPSA) is 37.3 Å². The zero-order chi connectivity index (χ0) is 13.8. The molecular formula is C15H10F2O2. The maximum atomic E-state index is 13.4. The monoisotopic (exact) mass is 260 g/mol. The van der Waals surface area contributed by atoms with E-state index in [1.807, 2.05) is 0 Å². The van der Waals surface area contributed by atoms with Gasteiger partial charge in [0.05, 0.1) is 5.56 Å². The molecule has 0 aliphatic heterocycles. The molecule has 0 saturated heterocycles. The van der Waals surface area contributed by atoms with E-state index in [1.165, 1.54) is 24.3 Å². The highest BCUT2D eigenvalue weighted by atomic mass is 19.1. The van der Waals surface area contributed by atoms with Crippen LogP contribution in [0.3, 0.4) is 0 Å². The number of ketones is 1. The van der Waals surface area contributed by atoms with Gasteiger partial charge in [0.15, 0.2) is 5.78 Å². The van der Waals surface area contributed by atoms with E-state index in [2.05, 4.69) is 0 Å². The highest BCUT2D eigenvalue weighted by molar-refractivity contribution is 6.06. The number of phenolic OH excluding ortho intramolecular Hbond substituents is 1. The number of halogens is 2. The molecule has 0 fully saturated rings. The minimum atomic E-state index is -0.889. The fraction of sp³-hybridized carbons (Fsp3) is 0. The molecule has 0 aliphatic rings. The molecule has 2 aromatic rings. The summed E-state index contributed by atoms with van der Waals surface area (Å²) >= 11 is 0. The molecular weight excluding hydrogens is 250 g/mol. The number of carbonyl (C=O) groups is 1. The number of hydrogen-bond donors (Lipinski definition) is 1. The third kappa shape index (κ3) is 3.25. The first-order valence-corrected chi connectivity index (χ1v) is 5.53. The Hall–Kier alpha value is -2.49. The van der Waals surface area contributed by atoms with E-state index >= 15 is 0 Å². The largest absolute Gasteiger partial charge is 0.508 e. The molecule has 0 bridgehead atoms. The van der Waals surface area contributed by atoms with Crippen molar-refractivity contribution in [3.63, 3.8) is 0 Å². The molecule has 1 N–H and O–H groups in total. The van der Waals surface area contributed by atoms with Gasteiger partial charge in [-0.25, -0.2) is 8.78 Å². The van der Waals surface area contributed by atoms with Crippen LogP contribution in [0.4, 0.5) is 8.78 Å². The summed E-state index contributed by atoms with van der Waals surface area (Å²) in [6.45, 7) is 0. The first-order chi connectivity index (χ1) is 9.06. The van der Waals surface area contributed by atoms with E-state index in [9.17, 15) is 13.6 Å². The predicted octanol–water partition coefficient (Wildman–Crippen LogP) is 3.57. The second-order valence-electron chi connectivity index (χ2n) is 3.91. The van der Waals surface area contributed by atoms with Crippen molar-refractivity contribution in [2.24, 2.45) is 0 Å². The van der Waals surface area contributed by atoms with E-state index in [-0.39, 0.29) is 11.3 Å². The average molecular weight is 260 g/mol. The van der Waals surface area contributed by atoms with Crippen LogP contribution in [0.2, 0.25) is 0 Å². The van der Waals surface area contributed by atoms with Crippen LogP contribution in [-0.4, -0.2) is 10.9 Å². The third-order valence-corrected chi connectivity index (χ3v) is 2.52. The molecule has 0 spiro atoms. The summed E-state index contributed by atoms with van der Waals surface area (Å²) in [5.74, 6) is -2.05. The van der Waals surface area contributed by atoms with Crippen molar-refractivity contribution in [1.82, 2.24) is 0 Å². The van der Waals surface area contributed by atoms with Gasteiger partial charge in [-0.05, 0) is 35.9 Å². The highest BCUT2D eigenvalue weighted by Crippen LogP contribution is 2.13. The summed E-state index contributed by atoms with van der Waals surface area (Å²) in [4.78, 5) is 11.7. The number of hydrogen-bond acceptors (Lipinski definition) is 2. The van der Waals surface area contributed by atoms with Gasteiger partial charge in [-0.2, -0.15) is 0 Å². The Morgan fingerprint density at radius 2 is 1.74 bits per heavy atom. The van der Waals surface area contributed by atoms with Crippen molar-refractivity contribution in [2.75, 3.05) is 0 Å². The predicted molar refractivity (Wildman–Crippen MR) is 67.8 cm³/mol. The summed E-state index contributed by atoms with van der Waals surface area (Å²) in [5, 5.41) is 9.10. The second-order valence-corrected chi connectivity index (χ2v) is 3.91. The van der Waals surface area contributed by atoms with Gasteiger partial charge in [0.25, 0.3) is 0 Å². The molecule has 0 unspecified atom stereocenters. The number of allylic oxidation sites excluding steroid dienone is 1. The maximum absolute atomic E-state index is 13.4. The van der Waals surface area contributed by atoms with Crippen molar-refractivity contribution in [1.29, 1.82) is 0 Å². The SMILES string of the molecule is O=C(C=Cc1ccc(O)cc1)c1ccc(F)cc1F. The quantitative estimate of drug-likeness (QED) is 0.676. The normalized spacial score (nSPS) is 10.8. The molecule has 4 heteroatoms. The zero-order valence-electron chi connectivity index (χ0n) is 9.81. The van der Waals surface area contributed by atoms with Crippen molar-refractivity contribution >= 4 is 11.9 Å². The summed E-state index contributed by atoms with van der Waals surface area (Å²) in [5.41, 5.74) is 0.505. The molecule has 96 valence electrons. The Labute approximate surface area is 108 Å². The number of rotatable bonds is 3. The van der Waals surface area contributed by atoms with Crippen LogP contribution in [0.5, 0.6) is 5.75 Å². The van der Waals surface area contributed by atoms with Crippen LogP contribution < -0.4 is 0 Å². The number of carbonyl (C=O) groups excluding carboxylic acids is 1. The van der Waals surface area contributed by atoms with Gasteiger partial charge in [0.2, 0.25) is 0 Å². The smallest absolute Gasteiger partial charge is 0.188 e. The Bertz CT molecular complexity index is 631. The number of phenols is 1. The van der Waals surface area contributed by atoms with Gasteiger partial charge in [0.1, 0.15) is 17.4 Å². The average Bonchev–Trinajstić information content (AvgIpc) is 2.37. The Balaban J connectivity index is 2.18. The Morgan fingerprint density at radius 1 is 1.05 bits per heavy atom. The van der Waals surface area contributed by atoms with Gasteiger partial charge in [0, 0.05) is 6.07 Å². The lowest BCUT2D eigenvalue weighted by molar-refractivity contribution is 0.104. The van der Waals surface area contributed by atoms with Crippen LogP contribution >= 0.6 is 0 Å². The van der Waals surface area contributed by atoms with Crippen molar-refractivity contribution in [2.45, 2.75) is 0 Å². The molecule has 0 aliphatic carbocycles. The van der Waals surface area contributed by atoms with Gasteiger partial charge < -0.3 is 5.11 Å². The van der Waals surface area contributed by atoms with Gasteiger partial charge >= 0.3 is 0 Å². The summed E-state index contributed by atoms with van der Waals surface area (Å²) in [6, 6.07) is 8.98. The third-order valence-electron chi connectivity index (χ3n) is 2.52. The molecule has 0 atom stereocenters. The van der Waals surface area contributed by atoms with Gasteiger partial charge in [-0.15, -0.1) is 0 Å². The maximum Gasteiger partial charge on any atom is 0.188 e. The fourth-order valence-corrected chi connectivity index (χ4v) is 1.54. The van der Waals surface area contributed by atoms with E-state index in [0.29, 0.717) is 11.6 Å². The lowest BCUT2D eigenvalue weighted by Crippen LogP contribution is -1.99. The molecule has 0 heterocycles. The van der Waals surface area contributed by atoms with Crippen LogP contribution in [0.1, 0.15) is 15.9 Å². The molecule has 2 rings (SSSR count). The van der Waals surface area contributed by atoms with Crippen LogP contribution in [0.15, 0.2) is 48.5 Å². The van der Waals surface area contributed by atoms with Crippen LogP contribution in [-0.2, 0) is 0 Å². The minimum Gasteiger partial charge on any atom is -0.508 e. The minimum absolute atomic E-state index is 0.119. The molecule has 0 saturated carbocycles. The number of aromatic hydroxyl groups is 1. The highest BCUT2D eigenvalue weighted by Gasteiger charge is 2.09. The Kier molecular flexibility index (Phi) is 3.71. The second kappa shape index (κ2) is 5.44. The Morgan fingerprint density at radius 3 is 2.37 bits per heavy atom. The van der Waals surface area contributed by atoms with E-state index in [1.54, 1.807) is 12.1 Å². The van der Waals surface area contributed by atoms with Gasteiger partial charge in [-0.3, -0.25) is 4.79 Å². The molecule has 0 amide bonds. The van der Waals surface area contributed by atoms with Crippen molar-refractivity contribution in [3.05, 3.63) is 71.3 Å². The summed E-state index contributed by atoms with van der Waals surface area (Å²) < 4.78 is 26.1. The first kappa shape index (κ1) is 13.0. The van der Waals surface area contributed by atoms with Crippen molar-refractivity contribution in [3.8, 4) is 5.75 Å². The summed E-state index contributed by atoms with van der Waals surface area (Å²) in [6.07, 6.45) is 2.69. The van der Waals surface area contributed by atoms with Gasteiger partial charge in [-0.1, -0.05) is 18.2 Å². The molecule has 2 nitrogen and oxygen atoms in total. The molecule has 2 aromatic carbocycles. The lowest BCUT2D eigenvalue weighted by Gasteiger charge is -1.98. The van der Waals surface area contributed by atoms with Crippen molar-refractivity contribution < 1.29 is 18.7 Å². The summed E-state index contributed by atoms with van der Waals surface area (Å²) in [7, 11) is 0. The van der Waals surface area contributed by atoms with E-state index < -0.39 is 17.4 Å². The molecule has 0 aromatic heterocycles.